The Morgan fingerprint density at radius 2 is 1.76 bits per heavy atom. The van der Waals surface area contributed by atoms with Gasteiger partial charge in [0.05, 0.1) is 21.4 Å². The summed E-state index contributed by atoms with van der Waals surface area (Å²) in [6, 6.07) is 4.16. The van der Waals surface area contributed by atoms with Gasteiger partial charge < -0.3 is 5.43 Å². The molecule has 0 aliphatic carbocycles. The molecule has 0 fully saturated rings. The molecule has 0 aliphatic rings. The molecule has 0 bridgehead atoms. The van der Waals surface area contributed by atoms with E-state index in [0.29, 0.717) is 5.02 Å². The van der Waals surface area contributed by atoms with Gasteiger partial charge in [-0.3, -0.25) is 15.5 Å². The van der Waals surface area contributed by atoms with Crippen molar-refractivity contribution in [2.75, 3.05) is 10.1 Å². The first kappa shape index (κ1) is 16.1. The summed E-state index contributed by atoms with van der Waals surface area (Å²) in [6.07, 6.45) is 2.55. The van der Waals surface area contributed by atoms with Gasteiger partial charge in [-0.25, -0.2) is 8.42 Å². The Bertz CT molecular complexity index is 760. The SMILES string of the molecule is NNc1ccncc1S(=O)(=O)Nc1c(Cl)cc(Cl)cc1Cl. The number of pyridine rings is 1. The lowest BCUT2D eigenvalue weighted by Gasteiger charge is -2.13. The van der Waals surface area contributed by atoms with E-state index in [-0.39, 0.29) is 26.3 Å². The van der Waals surface area contributed by atoms with Crippen molar-refractivity contribution in [3.05, 3.63) is 45.7 Å². The fourth-order valence-electron chi connectivity index (χ4n) is 1.54. The molecule has 0 saturated heterocycles. The van der Waals surface area contributed by atoms with Crippen LogP contribution in [0.5, 0.6) is 0 Å². The van der Waals surface area contributed by atoms with Crippen molar-refractivity contribution in [2.24, 2.45) is 5.84 Å². The molecule has 4 N–H and O–H groups in total. The zero-order valence-corrected chi connectivity index (χ0v) is 13.4. The largest absolute Gasteiger partial charge is 0.323 e. The van der Waals surface area contributed by atoms with Gasteiger partial charge in [0.1, 0.15) is 4.90 Å². The number of hydrogen-bond donors (Lipinski definition) is 3. The molecule has 10 heteroatoms. The van der Waals surface area contributed by atoms with E-state index in [1.807, 2.05) is 0 Å². The van der Waals surface area contributed by atoms with Crippen molar-refractivity contribution in [1.29, 1.82) is 0 Å². The highest BCUT2D eigenvalue weighted by Gasteiger charge is 2.21. The van der Waals surface area contributed by atoms with Crippen molar-refractivity contribution in [1.82, 2.24) is 4.98 Å². The minimum absolute atomic E-state index is 0.0227. The summed E-state index contributed by atoms with van der Waals surface area (Å²) in [5.41, 5.74) is 2.48. The third-order valence-corrected chi connectivity index (χ3v) is 4.66. The lowest BCUT2D eigenvalue weighted by atomic mass is 10.3. The smallest absolute Gasteiger partial charge is 0.265 e. The highest BCUT2D eigenvalue weighted by Crippen LogP contribution is 2.35. The molecule has 1 aromatic carbocycles. The van der Waals surface area contributed by atoms with E-state index in [1.54, 1.807) is 0 Å². The Hall–Kier alpha value is -1.25. The molecule has 0 unspecified atom stereocenters. The lowest BCUT2D eigenvalue weighted by molar-refractivity contribution is 0.601. The second kappa shape index (κ2) is 6.25. The summed E-state index contributed by atoms with van der Waals surface area (Å²) < 4.78 is 27.0. The van der Waals surface area contributed by atoms with E-state index in [0.717, 1.165) is 6.20 Å². The fraction of sp³-hybridized carbons (Fsp3) is 0. The molecule has 0 atom stereocenters. The normalized spacial score (nSPS) is 11.2. The van der Waals surface area contributed by atoms with Gasteiger partial charge in [0, 0.05) is 17.4 Å². The number of nitrogen functional groups attached to an aromatic ring is 1. The number of nitrogens with one attached hydrogen (secondary N) is 2. The van der Waals surface area contributed by atoms with Crippen LogP contribution < -0.4 is 16.0 Å². The number of anilines is 2. The van der Waals surface area contributed by atoms with E-state index in [4.69, 9.17) is 40.6 Å². The Labute approximate surface area is 136 Å². The summed E-state index contributed by atoms with van der Waals surface area (Å²) in [5, 5.41) is 0.433. The van der Waals surface area contributed by atoms with Gasteiger partial charge in [0.25, 0.3) is 10.0 Å². The molecule has 1 heterocycles. The van der Waals surface area contributed by atoms with E-state index < -0.39 is 10.0 Å². The number of aromatic nitrogens is 1. The van der Waals surface area contributed by atoms with Crippen LogP contribution in [-0.2, 0) is 10.0 Å². The van der Waals surface area contributed by atoms with Crippen LogP contribution in [0.25, 0.3) is 0 Å². The van der Waals surface area contributed by atoms with Crippen molar-refractivity contribution >= 4 is 56.2 Å². The van der Waals surface area contributed by atoms with E-state index in [1.165, 1.54) is 24.4 Å². The number of nitrogens with two attached hydrogens (primary N) is 1. The van der Waals surface area contributed by atoms with Crippen LogP contribution in [0.4, 0.5) is 11.4 Å². The average molecular weight is 368 g/mol. The van der Waals surface area contributed by atoms with Gasteiger partial charge in [-0.1, -0.05) is 34.8 Å². The molecular formula is C11H9Cl3N4O2S. The molecule has 0 amide bonds. The number of hydrogen-bond acceptors (Lipinski definition) is 5. The van der Waals surface area contributed by atoms with Crippen molar-refractivity contribution in [2.45, 2.75) is 4.90 Å². The Morgan fingerprint density at radius 3 is 2.33 bits per heavy atom. The minimum Gasteiger partial charge on any atom is -0.323 e. The molecule has 1 aromatic heterocycles. The summed E-state index contributed by atoms with van der Waals surface area (Å²) in [7, 11) is -3.98. The number of rotatable bonds is 4. The van der Waals surface area contributed by atoms with Gasteiger partial charge in [-0.2, -0.15) is 0 Å². The maximum absolute atomic E-state index is 12.4. The van der Waals surface area contributed by atoms with Crippen LogP contribution in [-0.4, -0.2) is 13.4 Å². The molecular weight excluding hydrogens is 359 g/mol. The zero-order valence-electron chi connectivity index (χ0n) is 10.3. The Balaban J connectivity index is 2.48. The summed E-state index contributed by atoms with van der Waals surface area (Å²) in [4.78, 5) is 3.61. The quantitative estimate of drug-likeness (QED) is 0.570. The summed E-state index contributed by atoms with van der Waals surface area (Å²) >= 11 is 17.7. The molecule has 2 aromatic rings. The van der Waals surface area contributed by atoms with Crippen LogP contribution in [0.2, 0.25) is 15.1 Å². The first-order chi connectivity index (χ1) is 9.85. The predicted octanol–water partition coefficient (Wildman–Crippen LogP) is 3.13. The van der Waals surface area contributed by atoms with Crippen LogP contribution in [0.15, 0.2) is 35.5 Å². The summed E-state index contributed by atoms with van der Waals surface area (Å²) in [6.45, 7) is 0. The number of hydrazine groups is 1. The second-order valence-corrected chi connectivity index (χ2v) is 6.77. The summed E-state index contributed by atoms with van der Waals surface area (Å²) in [5.74, 6) is 5.28. The van der Waals surface area contributed by atoms with Crippen LogP contribution in [0.1, 0.15) is 0 Å². The number of halogens is 3. The third-order valence-electron chi connectivity index (χ3n) is 2.47. The number of benzene rings is 1. The molecule has 0 radical (unpaired) electrons. The highest BCUT2D eigenvalue weighted by molar-refractivity contribution is 7.93. The van der Waals surface area contributed by atoms with Gasteiger partial charge in [-0.15, -0.1) is 0 Å². The molecule has 0 aliphatic heterocycles. The van der Waals surface area contributed by atoms with Gasteiger partial charge in [-0.05, 0) is 18.2 Å². The molecule has 0 saturated carbocycles. The maximum Gasteiger partial charge on any atom is 0.265 e. The lowest BCUT2D eigenvalue weighted by Crippen LogP contribution is -2.18. The van der Waals surface area contributed by atoms with E-state index >= 15 is 0 Å². The Kier molecular flexibility index (Phi) is 4.80. The monoisotopic (exact) mass is 366 g/mol. The highest BCUT2D eigenvalue weighted by atomic mass is 35.5. The van der Waals surface area contributed by atoms with Crippen LogP contribution in [0.3, 0.4) is 0 Å². The molecule has 0 spiro atoms. The molecule has 21 heavy (non-hydrogen) atoms. The maximum atomic E-state index is 12.4. The van der Waals surface area contributed by atoms with E-state index in [2.05, 4.69) is 15.1 Å². The van der Waals surface area contributed by atoms with Crippen LogP contribution >= 0.6 is 34.8 Å². The second-order valence-electron chi connectivity index (χ2n) is 3.87. The number of sulfonamides is 1. The third kappa shape index (κ3) is 3.50. The first-order valence-electron chi connectivity index (χ1n) is 5.43. The predicted molar refractivity (Wildman–Crippen MR) is 84.3 cm³/mol. The first-order valence-corrected chi connectivity index (χ1v) is 8.05. The molecule has 2 rings (SSSR count). The van der Waals surface area contributed by atoms with Crippen molar-refractivity contribution in [3.63, 3.8) is 0 Å². The molecule has 112 valence electrons. The average Bonchev–Trinajstić information content (AvgIpc) is 2.43. The molecule has 6 nitrogen and oxygen atoms in total. The standard InChI is InChI=1S/C11H9Cl3N4O2S/c12-6-3-7(13)11(8(14)4-6)18-21(19,20)10-5-16-2-1-9(10)17-15/h1-5,18H,15H2,(H,16,17). The zero-order chi connectivity index (χ0) is 15.6. The minimum atomic E-state index is -3.98. The van der Waals surface area contributed by atoms with Gasteiger partial charge >= 0.3 is 0 Å². The Morgan fingerprint density at radius 1 is 1.14 bits per heavy atom. The topological polar surface area (TPSA) is 97.1 Å². The van der Waals surface area contributed by atoms with Gasteiger partial charge in [0.2, 0.25) is 0 Å². The van der Waals surface area contributed by atoms with Crippen molar-refractivity contribution in [3.8, 4) is 0 Å². The van der Waals surface area contributed by atoms with Gasteiger partial charge in [0.15, 0.2) is 0 Å². The number of nitrogens with zero attached hydrogens (tertiary/aromatic N) is 1. The van der Waals surface area contributed by atoms with Crippen molar-refractivity contribution < 1.29 is 8.42 Å². The van der Waals surface area contributed by atoms with Crippen LogP contribution in [0, 0.1) is 0 Å². The fourth-order valence-corrected chi connectivity index (χ4v) is 3.78. The van der Waals surface area contributed by atoms with E-state index in [9.17, 15) is 8.42 Å².